The Labute approximate surface area is 150 Å². The Morgan fingerprint density at radius 2 is 1.88 bits per heavy atom. The highest BCUT2D eigenvalue weighted by atomic mass is 16.3. The first-order valence-corrected chi connectivity index (χ1v) is 8.62. The molecule has 0 aliphatic carbocycles. The molecule has 7 heteroatoms. The largest absolute Gasteiger partial charge is 0.459 e. The van der Waals surface area contributed by atoms with Gasteiger partial charge in [-0.15, -0.1) is 0 Å². The number of nitrogens with one attached hydrogen (secondary N) is 2. The third kappa shape index (κ3) is 3.34. The number of nitrogens with zero attached hydrogens (tertiary/aromatic N) is 2. The van der Waals surface area contributed by atoms with Crippen molar-refractivity contribution in [3.05, 3.63) is 54.6 Å². The maximum Gasteiger partial charge on any atom is 0.289 e. The van der Waals surface area contributed by atoms with E-state index in [9.17, 15) is 9.59 Å². The molecule has 0 bridgehead atoms. The molecule has 2 aromatic heterocycles. The molecular formula is C19H20N4O3. The summed E-state index contributed by atoms with van der Waals surface area (Å²) in [5, 5.41) is 3.96. The van der Waals surface area contributed by atoms with Crippen LogP contribution in [-0.4, -0.2) is 59.3 Å². The summed E-state index contributed by atoms with van der Waals surface area (Å²) in [5.74, 6) is 0.203. The van der Waals surface area contributed by atoms with Crippen molar-refractivity contribution in [2.24, 2.45) is 0 Å². The fraction of sp³-hybridized carbons (Fsp3) is 0.263. The first-order chi connectivity index (χ1) is 12.7. The summed E-state index contributed by atoms with van der Waals surface area (Å²) in [6.45, 7) is 2.80. The lowest BCUT2D eigenvalue weighted by atomic mass is 10.2. The molecule has 1 aromatic carbocycles. The quantitative estimate of drug-likeness (QED) is 0.754. The van der Waals surface area contributed by atoms with Crippen molar-refractivity contribution in [2.45, 2.75) is 0 Å². The number of carbonyl (C=O) groups is 2. The van der Waals surface area contributed by atoms with Crippen molar-refractivity contribution < 1.29 is 14.0 Å². The fourth-order valence-corrected chi connectivity index (χ4v) is 3.23. The van der Waals surface area contributed by atoms with Gasteiger partial charge in [-0.05, 0) is 18.2 Å². The van der Waals surface area contributed by atoms with E-state index < -0.39 is 0 Å². The molecule has 7 nitrogen and oxygen atoms in total. The Morgan fingerprint density at radius 1 is 1.08 bits per heavy atom. The van der Waals surface area contributed by atoms with E-state index in [0.717, 1.165) is 16.6 Å². The van der Waals surface area contributed by atoms with Crippen LogP contribution in [-0.2, 0) is 4.79 Å². The van der Waals surface area contributed by atoms with Gasteiger partial charge in [-0.1, -0.05) is 18.2 Å². The number of H-pyrrole nitrogens is 1. The summed E-state index contributed by atoms with van der Waals surface area (Å²) in [6.07, 6.45) is 3.31. The first-order valence-electron chi connectivity index (χ1n) is 8.62. The molecule has 0 atom stereocenters. The number of carbonyl (C=O) groups excluding carboxylic acids is 2. The highest BCUT2D eigenvalue weighted by Crippen LogP contribution is 2.22. The van der Waals surface area contributed by atoms with Gasteiger partial charge in [0.1, 0.15) is 0 Å². The second-order valence-corrected chi connectivity index (χ2v) is 6.34. The van der Waals surface area contributed by atoms with Crippen LogP contribution in [0.4, 0.5) is 5.69 Å². The lowest BCUT2D eigenvalue weighted by molar-refractivity contribution is -0.117. The molecule has 134 valence electrons. The second kappa shape index (κ2) is 7.05. The van der Waals surface area contributed by atoms with E-state index in [1.54, 1.807) is 17.0 Å². The highest BCUT2D eigenvalue weighted by molar-refractivity contribution is 6.02. The SMILES string of the molecule is O=C(CN1CCN(C(=O)c2ccco2)CC1)Nc1c[nH]c2ccccc12. The lowest BCUT2D eigenvalue weighted by Crippen LogP contribution is -2.50. The zero-order valence-electron chi connectivity index (χ0n) is 14.3. The minimum absolute atomic E-state index is 0.0550. The molecule has 1 aliphatic rings. The number of fused-ring (bicyclic) bond motifs is 1. The lowest BCUT2D eigenvalue weighted by Gasteiger charge is -2.33. The van der Waals surface area contributed by atoms with Gasteiger partial charge in [0.2, 0.25) is 5.91 Å². The van der Waals surface area contributed by atoms with Gasteiger partial charge in [0.25, 0.3) is 5.91 Å². The Kier molecular flexibility index (Phi) is 4.45. The van der Waals surface area contributed by atoms with Crippen LogP contribution in [0.25, 0.3) is 10.9 Å². The van der Waals surface area contributed by atoms with Gasteiger partial charge >= 0.3 is 0 Å². The molecule has 3 heterocycles. The number of para-hydroxylation sites is 1. The van der Waals surface area contributed by atoms with Gasteiger partial charge in [-0.2, -0.15) is 0 Å². The van der Waals surface area contributed by atoms with Crippen LogP contribution in [0.3, 0.4) is 0 Å². The van der Waals surface area contributed by atoms with Gasteiger partial charge < -0.3 is 19.6 Å². The minimum atomic E-state index is -0.0992. The number of aromatic nitrogens is 1. The predicted octanol–water partition coefficient (Wildman–Crippen LogP) is 2.16. The molecule has 3 aromatic rings. The number of benzene rings is 1. The topological polar surface area (TPSA) is 81.6 Å². The summed E-state index contributed by atoms with van der Waals surface area (Å²) in [5.41, 5.74) is 1.78. The number of aromatic amines is 1. The molecule has 26 heavy (non-hydrogen) atoms. The zero-order chi connectivity index (χ0) is 17.9. The number of hydrogen-bond acceptors (Lipinski definition) is 4. The van der Waals surface area contributed by atoms with Gasteiger partial charge in [-0.25, -0.2) is 0 Å². The number of hydrogen-bond donors (Lipinski definition) is 2. The van der Waals surface area contributed by atoms with Crippen LogP contribution in [0.1, 0.15) is 10.6 Å². The number of amides is 2. The summed E-state index contributed by atoms with van der Waals surface area (Å²) in [7, 11) is 0. The molecule has 2 amide bonds. The summed E-state index contributed by atoms with van der Waals surface area (Å²) in [4.78, 5) is 31.6. The van der Waals surface area contributed by atoms with Crippen LogP contribution in [0.2, 0.25) is 0 Å². The van der Waals surface area contributed by atoms with E-state index in [-0.39, 0.29) is 11.8 Å². The molecule has 0 unspecified atom stereocenters. The maximum absolute atomic E-state index is 12.4. The molecule has 0 spiro atoms. The highest BCUT2D eigenvalue weighted by Gasteiger charge is 2.24. The van der Waals surface area contributed by atoms with E-state index in [4.69, 9.17) is 4.42 Å². The van der Waals surface area contributed by atoms with E-state index >= 15 is 0 Å². The van der Waals surface area contributed by atoms with E-state index in [1.807, 2.05) is 30.5 Å². The monoisotopic (exact) mass is 352 g/mol. The number of furan rings is 1. The molecular weight excluding hydrogens is 332 g/mol. The Hall–Kier alpha value is -3.06. The van der Waals surface area contributed by atoms with Crippen molar-refractivity contribution in [2.75, 3.05) is 38.0 Å². The molecule has 4 rings (SSSR count). The zero-order valence-corrected chi connectivity index (χ0v) is 14.3. The Balaban J connectivity index is 1.30. The number of anilines is 1. The van der Waals surface area contributed by atoms with Gasteiger partial charge in [-0.3, -0.25) is 14.5 Å². The van der Waals surface area contributed by atoms with Crippen molar-refractivity contribution in [1.29, 1.82) is 0 Å². The standard InChI is InChI=1S/C19H20N4O3/c24-18(21-16-12-20-15-5-2-1-4-14(15)16)13-22-7-9-23(10-8-22)19(25)17-6-3-11-26-17/h1-6,11-12,20H,7-10,13H2,(H,21,24). The first kappa shape index (κ1) is 16.4. The predicted molar refractivity (Wildman–Crippen MR) is 98.0 cm³/mol. The number of piperazine rings is 1. The van der Waals surface area contributed by atoms with Gasteiger partial charge in [0, 0.05) is 43.3 Å². The molecule has 1 fully saturated rings. The summed E-state index contributed by atoms with van der Waals surface area (Å²) < 4.78 is 5.16. The maximum atomic E-state index is 12.4. The van der Waals surface area contributed by atoms with Crippen molar-refractivity contribution in [3.63, 3.8) is 0 Å². The van der Waals surface area contributed by atoms with Gasteiger partial charge in [0.15, 0.2) is 5.76 Å². The van der Waals surface area contributed by atoms with Crippen LogP contribution >= 0.6 is 0 Å². The molecule has 1 saturated heterocycles. The van der Waals surface area contributed by atoms with Gasteiger partial charge in [0.05, 0.1) is 18.5 Å². The molecule has 1 aliphatic heterocycles. The van der Waals surface area contributed by atoms with E-state index in [2.05, 4.69) is 15.2 Å². The third-order valence-corrected chi connectivity index (χ3v) is 4.62. The van der Waals surface area contributed by atoms with Crippen molar-refractivity contribution in [3.8, 4) is 0 Å². The third-order valence-electron chi connectivity index (χ3n) is 4.62. The Morgan fingerprint density at radius 3 is 2.65 bits per heavy atom. The smallest absolute Gasteiger partial charge is 0.289 e. The minimum Gasteiger partial charge on any atom is -0.459 e. The molecule has 0 saturated carbocycles. The van der Waals surface area contributed by atoms with Crippen LogP contribution in [0, 0.1) is 0 Å². The summed E-state index contributed by atoms with van der Waals surface area (Å²) >= 11 is 0. The average molecular weight is 352 g/mol. The average Bonchev–Trinajstić information content (AvgIpc) is 3.32. The van der Waals surface area contributed by atoms with Crippen molar-refractivity contribution >= 4 is 28.4 Å². The van der Waals surface area contributed by atoms with Crippen molar-refractivity contribution in [1.82, 2.24) is 14.8 Å². The molecule has 2 N–H and O–H groups in total. The fourth-order valence-electron chi connectivity index (χ4n) is 3.23. The normalized spacial score (nSPS) is 15.3. The van der Waals surface area contributed by atoms with Crippen LogP contribution < -0.4 is 5.32 Å². The van der Waals surface area contributed by atoms with E-state index in [0.29, 0.717) is 38.5 Å². The Bertz CT molecular complexity index is 908. The van der Waals surface area contributed by atoms with E-state index in [1.165, 1.54) is 6.26 Å². The van der Waals surface area contributed by atoms with Crippen LogP contribution in [0.5, 0.6) is 0 Å². The van der Waals surface area contributed by atoms with Crippen LogP contribution in [0.15, 0.2) is 53.3 Å². The summed E-state index contributed by atoms with van der Waals surface area (Å²) in [6, 6.07) is 11.2. The second-order valence-electron chi connectivity index (χ2n) is 6.34. The molecule has 0 radical (unpaired) electrons. The number of rotatable bonds is 4.